The summed E-state index contributed by atoms with van der Waals surface area (Å²) in [6, 6.07) is 1.62. The molecular formula is C12H16Cl2N2O2. The number of hydrogen-bond donors (Lipinski definition) is 0. The van der Waals surface area contributed by atoms with Crippen molar-refractivity contribution < 1.29 is 9.21 Å². The second-order valence-corrected chi connectivity index (χ2v) is 5.01. The average molecular weight is 291 g/mol. The minimum atomic E-state index is -0.0542. The SMILES string of the molecule is O=C(c1ccoc1Cl)N1CCCN(CCCl)CC1. The van der Waals surface area contributed by atoms with Crippen LogP contribution in [0.5, 0.6) is 0 Å². The minimum Gasteiger partial charge on any atom is -0.452 e. The number of alkyl halides is 1. The third-order valence-electron chi connectivity index (χ3n) is 3.12. The lowest BCUT2D eigenvalue weighted by molar-refractivity contribution is 0.0761. The molecule has 1 aliphatic rings. The van der Waals surface area contributed by atoms with E-state index in [1.165, 1.54) is 6.26 Å². The number of halogens is 2. The number of nitrogens with zero attached hydrogens (tertiary/aromatic N) is 2. The van der Waals surface area contributed by atoms with Crippen LogP contribution < -0.4 is 0 Å². The van der Waals surface area contributed by atoms with Crippen LogP contribution in [-0.2, 0) is 0 Å². The van der Waals surface area contributed by atoms with Crippen LogP contribution >= 0.6 is 23.2 Å². The first-order valence-electron chi connectivity index (χ1n) is 6.03. The Morgan fingerprint density at radius 1 is 1.33 bits per heavy atom. The number of rotatable bonds is 3. The highest BCUT2D eigenvalue weighted by molar-refractivity contribution is 6.32. The molecule has 0 N–H and O–H groups in total. The lowest BCUT2D eigenvalue weighted by Gasteiger charge is -2.21. The molecule has 0 saturated carbocycles. The first kappa shape index (κ1) is 13.7. The first-order chi connectivity index (χ1) is 8.72. The molecule has 100 valence electrons. The number of amides is 1. The van der Waals surface area contributed by atoms with Gasteiger partial charge in [0.05, 0.1) is 11.8 Å². The summed E-state index contributed by atoms with van der Waals surface area (Å²) < 4.78 is 4.96. The van der Waals surface area contributed by atoms with E-state index in [0.29, 0.717) is 18.0 Å². The molecule has 1 aromatic heterocycles. The fourth-order valence-corrected chi connectivity index (χ4v) is 2.57. The van der Waals surface area contributed by atoms with E-state index >= 15 is 0 Å². The van der Waals surface area contributed by atoms with Crippen LogP contribution in [0.4, 0.5) is 0 Å². The molecule has 0 aromatic carbocycles. The van der Waals surface area contributed by atoms with Crippen LogP contribution in [0.1, 0.15) is 16.8 Å². The van der Waals surface area contributed by atoms with Crippen molar-refractivity contribution in [3.8, 4) is 0 Å². The monoisotopic (exact) mass is 290 g/mol. The second kappa shape index (κ2) is 6.45. The van der Waals surface area contributed by atoms with Crippen molar-refractivity contribution in [2.24, 2.45) is 0 Å². The van der Waals surface area contributed by atoms with Gasteiger partial charge < -0.3 is 14.2 Å². The lowest BCUT2D eigenvalue weighted by atomic mass is 10.3. The molecule has 1 fully saturated rings. The highest BCUT2D eigenvalue weighted by Crippen LogP contribution is 2.19. The zero-order valence-corrected chi connectivity index (χ0v) is 11.6. The fourth-order valence-electron chi connectivity index (χ4n) is 2.13. The molecule has 1 aromatic rings. The van der Waals surface area contributed by atoms with Gasteiger partial charge in [0, 0.05) is 32.1 Å². The Kier molecular flexibility index (Phi) is 4.92. The molecule has 1 saturated heterocycles. The third kappa shape index (κ3) is 3.19. The van der Waals surface area contributed by atoms with Gasteiger partial charge in [-0.05, 0) is 30.6 Å². The molecule has 0 aliphatic carbocycles. The Balaban J connectivity index is 1.98. The van der Waals surface area contributed by atoms with E-state index in [-0.39, 0.29) is 11.1 Å². The molecular weight excluding hydrogens is 275 g/mol. The highest BCUT2D eigenvalue weighted by atomic mass is 35.5. The quantitative estimate of drug-likeness (QED) is 0.802. The van der Waals surface area contributed by atoms with Crippen molar-refractivity contribution in [2.45, 2.75) is 6.42 Å². The van der Waals surface area contributed by atoms with E-state index in [9.17, 15) is 4.79 Å². The van der Waals surface area contributed by atoms with E-state index in [1.807, 2.05) is 4.90 Å². The van der Waals surface area contributed by atoms with Crippen LogP contribution in [-0.4, -0.2) is 54.3 Å². The first-order valence-corrected chi connectivity index (χ1v) is 6.94. The van der Waals surface area contributed by atoms with Gasteiger partial charge in [-0.3, -0.25) is 4.79 Å². The average Bonchev–Trinajstić information content (AvgIpc) is 2.64. The minimum absolute atomic E-state index is 0.0542. The van der Waals surface area contributed by atoms with Gasteiger partial charge >= 0.3 is 0 Å². The molecule has 1 aliphatic heterocycles. The third-order valence-corrected chi connectivity index (χ3v) is 3.59. The number of carbonyl (C=O) groups excluding carboxylic acids is 1. The van der Waals surface area contributed by atoms with Crippen LogP contribution in [0.3, 0.4) is 0 Å². The lowest BCUT2D eigenvalue weighted by Crippen LogP contribution is -2.35. The number of hydrogen-bond acceptors (Lipinski definition) is 3. The van der Waals surface area contributed by atoms with Gasteiger partial charge in [0.25, 0.3) is 5.91 Å². The molecule has 0 spiro atoms. The summed E-state index contributed by atoms with van der Waals surface area (Å²) in [5, 5.41) is 0.168. The predicted molar refractivity (Wildman–Crippen MR) is 71.4 cm³/mol. The number of carbonyl (C=O) groups is 1. The van der Waals surface area contributed by atoms with Crippen molar-refractivity contribution in [1.29, 1.82) is 0 Å². The van der Waals surface area contributed by atoms with E-state index in [1.54, 1.807) is 6.07 Å². The Morgan fingerprint density at radius 3 is 2.83 bits per heavy atom. The van der Waals surface area contributed by atoms with Crippen molar-refractivity contribution >= 4 is 29.1 Å². The number of furan rings is 1. The largest absolute Gasteiger partial charge is 0.452 e. The summed E-state index contributed by atoms with van der Waals surface area (Å²) in [6.45, 7) is 4.16. The van der Waals surface area contributed by atoms with E-state index in [2.05, 4.69) is 4.90 Å². The van der Waals surface area contributed by atoms with Crippen LogP contribution in [0.2, 0.25) is 5.22 Å². The Labute approximate surface area is 116 Å². The Morgan fingerprint density at radius 2 is 2.17 bits per heavy atom. The molecule has 2 rings (SSSR count). The normalized spacial score (nSPS) is 17.8. The van der Waals surface area contributed by atoms with Crippen LogP contribution in [0.15, 0.2) is 16.7 Å². The molecule has 0 radical (unpaired) electrons. The molecule has 0 unspecified atom stereocenters. The van der Waals surface area contributed by atoms with Crippen molar-refractivity contribution in [3.05, 3.63) is 23.1 Å². The summed E-state index contributed by atoms with van der Waals surface area (Å²) in [5.41, 5.74) is 0.447. The summed E-state index contributed by atoms with van der Waals surface area (Å²) in [6.07, 6.45) is 2.39. The van der Waals surface area contributed by atoms with Crippen molar-refractivity contribution in [2.75, 3.05) is 38.6 Å². The van der Waals surface area contributed by atoms with E-state index in [4.69, 9.17) is 27.6 Å². The maximum atomic E-state index is 12.2. The molecule has 18 heavy (non-hydrogen) atoms. The standard InChI is InChI=1S/C12H16Cl2N2O2/c13-3-6-15-4-1-5-16(8-7-15)12(17)10-2-9-18-11(10)14/h2,9H,1,3-8H2. The topological polar surface area (TPSA) is 36.7 Å². The molecule has 4 nitrogen and oxygen atoms in total. The van der Waals surface area contributed by atoms with Gasteiger partial charge in [0.1, 0.15) is 0 Å². The smallest absolute Gasteiger partial charge is 0.258 e. The Bertz CT molecular complexity index is 409. The molecule has 1 amide bonds. The van der Waals surface area contributed by atoms with Crippen molar-refractivity contribution in [3.63, 3.8) is 0 Å². The molecule has 2 heterocycles. The van der Waals surface area contributed by atoms with Crippen molar-refractivity contribution in [1.82, 2.24) is 9.80 Å². The van der Waals surface area contributed by atoms with Gasteiger partial charge in [0.15, 0.2) is 0 Å². The highest BCUT2D eigenvalue weighted by Gasteiger charge is 2.22. The zero-order valence-electron chi connectivity index (χ0n) is 10.1. The van der Waals surface area contributed by atoms with E-state index in [0.717, 1.165) is 32.6 Å². The molecule has 0 atom stereocenters. The summed E-state index contributed by atoms with van der Waals surface area (Å²) >= 11 is 11.6. The van der Waals surface area contributed by atoms with Gasteiger partial charge in [-0.25, -0.2) is 0 Å². The van der Waals surface area contributed by atoms with Gasteiger partial charge in [-0.1, -0.05) is 0 Å². The summed E-state index contributed by atoms with van der Waals surface area (Å²) in [4.78, 5) is 16.3. The molecule has 0 bridgehead atoms. The zero-order chi connectivity index (χ0) is 13.0. The van der Waals surface area contributed by atoms with E-state index < -0.39 is 0 Å². The predicted octanol–water partition coefficient (Wildman–Crippen LogP) is 2.32. The fraction of sp³-hybridized carbons (Fsp3) is 0.583. The molecule has 6 heteroatoms. The van der Waals surface area contributed by atoms with Gasteiger partial charge in [-0.15, -0.1) is 11.6 Å². The maximum Gasteiger partial charge on any atom is 0.258 e. The Hall–Kier alpha value is -0.710. The van der Waals surface area contributed by atoms with Crippen LogP contribution in [0.25, 0.3) is 0 Å². The maximum absolute atomic E-state index is 12.2. The van der Waals surface area contributed by atoms with Gasteiger partial charge in [0.2, 0.25) is 5.22 Å². The van der Waals surface area contributed by atoms with Gasteiger partial charge in [-0.2, -0.15) is 0 Å². The van der Waals surface area contributed by atoms with Crippen LogP contribution in [0, 0.1) is 0 Å². The summed E-state index contributed by atoms with van der Waals surface area (Å²) in [5.74, 6) is 0.572. The summed E-state index contributed by atoms with van der Waals surface area (Å²) in [7, 11) is 0. The second-order valence-electron chi connectivity index (χ2n) is 4.28.